The lowest BCUT2D eigenvalue weighted by Gasteiger charge is -2.39. The maximum atomic E-state index is 11.6. The molecule has 4 fully saturated rings. The molecule has 10 rings (SSSR count). The molecule has 2 aliphatic carbocycles. The molecule has 330 valence electrons. The number of halogens is 3. The summed E-state index contributed by atoms with van der Waals surface area (Å²) in [4.78, 5) is 47.9. The Hall–Kier alpha value is -3.36. The summed E-state index contributed by atoms with van der Waals surface area (Å²) in [6.07, 6.45) is 12.4. The molecular formula is C42H47Cl3N8O6S3. The lowest BCUT2D eigenvalue weighted by atomic mass is 9.90. The maximum absolute atomic E-state index is 11.6. The molecule has 0 unspecified atom stereocenters. The monoisotopic (exact) mass is 960 g/mol. The summed E-state index contributed by atoms with van der Waals surface area (Å²) in [5, 5.41) is 20.0. The molecule has 2 saturated heterocycles. The number of hydrogen-bond donors (Lipinski definition) is 3. The first-order valence-electron chi connectivity index (χ1n) is 20.8. The predicted octanol–water partition coefficient (Wildman–Crippen LogP) is 8.92. The van der Waals surface area contributed by atoms with Gasteiger partial charge in [0.1, 0.15) is 34.0 Å². The molecule has 0 amide bonds. The normalized spacial score (nSPS) is 22.5. The van der Waals surface area contributed by atoms with E-state index in [1.54, 1.807) is 53.5 Å². The molecule has 20 heteroatoms. The Morgan fingerprint density at radius 3 is 1.47 bits per heavy atom. The lowest BCUT2D eigenvalue weighted by Crippen LogP contribution is -2.46. The fourth-order valence-corrected chi connectivity index (χ4v) is 11.3. The van der Waals surface area contributed by atoms with Gasteiger partial charge < -0.3 is 25.2 Å². The van der Waals surface area contributed by atoms with E-state index in [4.69, 9.17) is 25.3 Å². The first kappa shape index (κ1) is 45.2. The zero-order valence-corrected chi connectivity index (χ0v) is 38.5. The Kier molecular flexibility index (Phi) is 15.4. The van der Waals surface area contributed by atoms with E-state index in [1.807, 2.05) is 18.2 Å². The number of aromatic nitrogens is 4. The summed E-state index contributed by atoms with van der Waals surface area (Å²) in [7, 11) is 7.36. The number of aromatic carboxylic acids is 1. The minimum Gasteiger partial charge on any atom is -0.478 e. The topological polar surface area (TPSA) is 172 Å². The van der Waals surface area contributed by atoms with Crippen molar-refractivity contribution in [2.24, 2.45) is 0 Å². The van der Waals surface area contributed by atoms with E-state index in [0.717, 1.165) is 131 Å². The van der Waals surface area contributed by atoms with Crippen molar-refractivity contribution in [3.63, 3.8) is 0 Å². The number of carboxylic acid groups (broad SMARTS) is 1. The Morgan fingerprint density at radius 2 is 1.06 bits per heavy atom. The van der Waals surface area contributed by atoms with Crippen LogP contribution in [0.5, 0.6) is 0 Å². The number of fused-ring (bicyclic) bond motifs is 6. The fourth-order valence-electron chi connectivity index (χ4n) is 9.13. The van der Waals surface area contributed by atoms with Crippen LogP contribution in [0, 0.1) is 0 Å². The molecule has 0 spiro atoms. The van der Waals surface area contributed by atoms with Crippen molar-refractivity contribution in [2.75, 3.05) is 63.2 Å². The Bertz CT molecular complexity index is 2370. The molecule has 2 aliphatic heterocycles. The number of nitrogens with zero attached hydrogens (tertiary/aromatic N) is 6. The highest BCUT2D eigenvalue weighted by Gasteiger charge is 2.29. The van der Waals surface area contributed by atoms with Crippen molar-refractivity contribution in [1.82, 2.24) is 29.7 Å². The van der Waals surface area contributed by atoms with Gasteiger partial charge >= 0.3 is 5.97 Å². The van der Waals surface area contributed by atoms with Crippen molar-refractivity contribution in [3.05, 3.63) is 60.2 Å². The minimum atomic E-state index is -1.67. The van der Waals surface area contributed by atoms with Crippen LogP contribution in [-0.4, -0.2) is 127 Å². The van der Waals surface area contributed by atoms with Crippen molar-refractivity contribution in [1.29, 1.82) is 0 Å². The van der Waals surface area contributed by atoms with E-state index in [2.05, 4.69) is 61.7 Å². The number of ether oxygens (including phenoxy) is 2. The van der Waals surface area contributed by atoms with Crippen molar-refractivity contribution in [2.45, 2.75) is 75.5 Å². The third-order valence-electron chi connectivity index (χ3n) is 12.2. The number of thiophene rings is 2. The van der Waals surface area contributed by atoms with Gasteiger partial charge in [-0.3, -0.25) is 14.6 Å². The quantitative estimate of drug-likeness (QED) is 0.124. The van der Waals surface area contributed by atoms with Gasteiger partial charge in [0.25, 0.3) is 5.24 Å². The second kappa shape index (κ2) is 21.1. The zero-order valence-electron chi connectivity index (χ0n) is 33.8. The van der Waals surface area contributed by atoms with Gasteiger partial charge in [-0.25, -0.2) is 28.9 Å². The van der Waals surface area contributed by atoms with Crippen LogP contribution in [0.4, 0.5) is 11.6 Å². The van der Waals surface area contributed by atoms with Gasteiger partial charge in [-0.1, -0.05) is 0 Å². The number of carbonyl (C=O) groups is 2. The number of nitrogens with one attached hydrogen (secondary N) is 2. The fraction of sp³-hybridized carbons (Fsp3) is 0.476. The Balaban J connectivity index is 0.000000157. The third-order valence-corrected chi connectivity index (χ3v) is 14.6. The molecule has 6 heterocycles. The summed E-state index contributed by atoms with van der Waals surface area (Å²) in [6, 6.07) is 12.9. The highest BCUT2D eigenvalue weighted by Crippen LogP contribution is 2.39. The number of carbonyl (C=O) groups excluding carboxylic acids is 1. The van der Waals surface area contributed by atoms with Crippen LogP contribution in [0.15, 0.2) is 49.1 Å². The average Bonchev–Trinajstić information content (AvgIpc) is 3.86. The van der Waals surface area contributed by atoms with E-state index in [-0.39, 0.29) is 5.56 Å². The van der Waals surface area contributed by atoms with Gasteiger partial charge in [0.2, 0.25) is 9.23 Å². The van der Waals surface area contributed by atoms with E-state index >= 15 is 0 Å². The number of rotatable bonds is 8. The van der Waals surface area contributed by atoms with Gasteiger partial charge in [0, 0.05) is 97.4 Å². The Morgan fingerprint density at radius 1 is 0.661 bits per heavy atom. The van der Waals surface area contributed by atoms with Crippen molar-refractivity contribution >= 4 is 128 Å². The van der Waals surface area contributed by atoms with Crippen LogP contribution >= 0.6 is 55.6 Å². The third kappa shape index (κ3) is 10.9. The Labute approximate surface area is 383 Å². The van der Waals surface area contributed by atoms with Crippen LogP contribution in [-0.2, 0) is 18.7 Å². The highest BCUT2D eigenvalue weighted by molar-refractivity contribution is 8.26. The summed E-state index contributed by atoms with van der Waals surface area (Å²) in [5.41, 5.74) is 0.790. The molecule has 6 aromatic rings. The van der Waals surface area contributed by atoms with Gasteiger partial charge in [0.15, 0.2) is 0 Å². The average molecular weight is 962 g/mol. The van der Waals surface area contributed by atoms with E-state index in [1.165, 1.54) is 25.7 Å². The first-order valence-corrected chi connectivity index (χ1v) is 25.6. The number of benzene rings is 2. The number of hydrogen-bond acceptors (Lipinski definition) is 15. The van der Waals surface area contributed by atoms with E-state index in [0.29, 0.717) is 29.7 Å². The lowest BCUT2D eigenvalue weighted by molar-refractivity contribution is 0.00788. The highest BCUT2D eigenvalue weighted by atomic mass is 36.0. The molecule has 0 bridgehead atoms. The number of anilines is 2. The predicted molar refractivity (Wildman–Crippen MR) is 251 cm³/mol. The molecule has 4 aliphatic rings. The molecule has 2 aromatic carbocycles. The van der Waals surface area contributed by atoms with Crippen LogP contribution < -0.4 is 10.6 Å². The molecule has 4 aromatic heterocycles. The van der Waals surface area contributed by atoms with Crippen LogP contribution in [0.25, 0.3) is 40.6 Å². The minimum absolute atomic E-state index is 0.290. The number of morpholine rings is 2. The smallest absolute Gasteiger partial charge is 0.335 e. The van der Waals surface area contributed by atoms with Crippen LogP contribution in [0.3, 0.4) is 0 Å². The summed E-state index contributed by atoms with van der Waals surface area (Å²) < 4.78 is 22.2. The van der Waals surface area contributed by atoms with E-state index in [9.17, 15) is 14.7 Å². The second-order valence-electron chi connectivity index (χ2n) is 15.8. The van der Waals surface area contributed by atoms with Gasteiger partial charge in [-0.2, -0.15) is 0 Å². The number of carboxylic acids is 1. The molecule has 0 atom stereocenters. The molecule has 14 nitrogen and oxygen atoms in total. The second-order valence-corrected chi connectivity index (χ2v) is 20.7. The maximum Gasteiger partial charge on any atom is 0.335 e. The summed E-state index contributed by atoms with van der Waals surface area (Å²) in [6.45, 7) is 7.60. The van der Waals surface area contributed by atoms with Crippen LogP contribution in [0.2, 0.25) is 0 Å². The summed E-state index contributed by atoms with van der Waals surface area (Å²) >= 11 is 8.89. The van der Waals surface area contributed by atoms with Gasteiger partial charge in [-0.05, 0) is 99.4 Å². The SMILES string of the molecule is O=C(Cl)c1ccc2sc3ncnc(NC4CCC(N5CCOCC5)CC4)c3c2c1.O=C(O)c1ccc2sc3ncnc(NC4CCC(N5CCOCC5)CC4)c3c2c1.O=S(Cl)Cl. The molecular weight excluding hydrogens is 915 g/mol. The van der Waals surface area contributed by atoms with Gasteiger partial charge in [0.05, 0.1) is 42.8 Å². The van der Waals surface area contributed by atoms with E-state index < -0.39 is 20.4 Å². The molecule has 62 heavy (non-hydrogen) atoms. The molecule has 0 radical (unpaired) electrons. The van der Waals surface area contributed by atoms with Crippen LogP contribution in [0.1, 0.15) is 72.1 Å². The first-order chi connectivity index (χ1) is 30.1. The zero-order chi connectivity index (χ0) is 43.2. The molecule has 2 saturated carbocycles. The standard InChI is InChI=1S/C21H23ClN4O2S.C21H24N4O3S.Cl2OS/c22-19(27)13-1-6-17-16(11-13)18-20(23-12-24-21(18)29-17)25-14-2-4-15(5-3-14)26-7-9-28-10-8-26;26-21(27)13-1-6-17-16(11-13)18-19(22-12-23-20(18)29-17)24-14-2-4-15(5-3-14)25-7-9-28-10-8-25;1-4(2)3/h1,6,11-12,14-15H,2-5,7-10H2,(H,23,24,25);1,6,11-12,14-15H,2-5,7-10H2,(H,26,27)(H,22,23,24);. The van der Waals surface area contributed by atoms with Crippen molar-refractivity contribution < 1.29 is 28.4 Å². The van der Waals surface area contributed by atoms with Crippen molar-refractivity contribution in [3.8, 4) is 0 Å². The largest absolute Gasteiger partial charge is 0.478 e. The summed E-state index contributed by atoms with van der Waals surface area (Å²) in [5.74, 6) is 0.757. The van der Waals surface area contributed by atoms with Gasteiger partial charge in [-0.15, -0.1) is 22.7 Å². The molecule has 3 N–H and O–H groups in total.